The minimum absolute atomic E-state index is 0.857. The summed E-state index contributed by atoms with van der Waals surface area (Å²) in [6.07, 6.45) is 23.9. The van der Waals surface area contributed by atoms with Crippen molar-refractivity contribution in [2.24, 2.45) is 0 Å². The third-order valence-electron chi connectivity index (χ3n) is 4.90. The van der Waals surface area contributed by atoms with Gasteiger partial charge in [0.15, 0.2) is 0 Å². The van der Waals surface area contributed by atoms with Gasteiger partial charge in [-0.2, -0.15) is 0 Å². The lowest BCUT2D eigenvalue weighted by atomic mass is 10.0. The second-order valence-electron chi connectivity index (χ2n) is 7.03. The largest absolute Gasteiger partial charge is 0.108 e. The smallest absolute Gasteiger partial charge is 0.0654 e. The SMILES string of the molecule is CCCCCCCCCCCCCCCC[S+]1CCCC1. The molecule has 0 atom stereocenters. The van der Waals surface area contributed by atoms with Crippen LogP contribution in [-0.4, -0.2) is 17.3 Å². The molecule has 0 aliphatic carbocycles. The van der Waals surface area contributed by atoms with Gasteiger partial charge in [-0.15, -0.1) is 0 Å². The molecule has 0 saturated carbocycles. The van der Waals surface area contributed by atoms with Crippen LogP contribution in [-0.2, 0) is 10.9 Å². The van der Waals surface area contributed by atoms with Gasteiger partial charge in [-0.25, -0.2) is 0 Å². The molecule has 1 heteroatoms. The van der Waals surface area contributed by atoms with Crippen LogP contribution in [0.2, 0.25) is 0 Å². The molecule has 1 fully saturated rings. The van der Waals surface area contributed by atoms with Crippen molar-refractivity contribution < 1.29 is 0 Å². The fourth-order valence-electron chi connectivity index (χ4n) is 3.42. The van der Waals surface area contributed by atoms with E-state index in [1.807, 2.05) is 0 Å². The molecule has 1 aliphatic heterocycles. The van der Waals surface area contributed by atoms with Crippen LogP contribution in [0.4, 0.5) is 0 Å². The molecule has 1 saturated heterocycles. The summed E-state index contributed by atoms with van der Waals surface area (Å²) >= 11 is 0. The zero-order valence-electron chi connectivity index (χ0n) is 14.8. The predicted molar refractivity (Wildman–Crippen MR) is 102 cm³/mol. The highest BCUT2D eigenvalue weighted by Gasteiger charge is 2.22. The molecular weight excluding hydrogens is 272 g/mol. The second kappa shape index (κ2) is 15.3. The Morgan fingerprint density at radius 3 is 1.33 bits per heavy atom. The van der Waals surface area contributed by atoms with Crippen LogP contribution in [0.5, 0.6) is 0 Å². The summed E-state index contributed by atoms with van der Waals surface area (Å²) in [5.74, 6) is 4.70. The van der Waals surface area contributed by atoms with Gasteiger partial charge in [0.2, 0.25) is 0 Å². The summed E-state index contributed by atoms with van der Waals surface area (Å²) in [5, 5.41) is 0. The molecule has 1 heterocycles. The minimum atomic E-state index is 0.857. The first-order chi connectivity index (χ1) is 10.4. The molecule has 0 amide bonds. The first-order valence-corrected chi connectivity index (χ1v) is 11.8. The van der Waals surface area contributed by atoms with Gasteiger partial charge in [0.25, 0.3) is 0 Å². The maximum Gasteiger partial charge on any atom is 0.108 e. The molecule has 1 aliphatic rings. The first kappa shape index (κ1) is 19.4. The maximum absolute atomic E-state index is 2.30. The average Bonchev–Trinajstić information content (AvgIpc) is 3.01. The van der Waals surface area contributed by atoms with Crippen molar-refractivity contribution in [3.8, 4) is 0 Å². The third kappa shape index (κ3) is 12.6. The normalized spacial score (nSPS) is 15.9. The standard InChI is InChI=1S/C20H41S/c1-2-3-4-5-6-7-8-9-10-11-12-13-14-15-18-21-19-16-17-20-21/h2-20H2,1H3/q+1. The van der Waals surface area contributed by atoms with Gasteiger partial charge in [0.1, 0.15) is 17.3 Å². The van der Waals surface area contributed by atoms with Crippen molar-refractivity contribution >= 4 is 10.9 Å². The lowest BCUT2D eigenvalue weighted by Gasteiger charge is -2.03. The predicted octanol–water partition coefficient (Wildman–Crippen LogP) is 6.88. The van der Waals surface area contributed by atoms with E-state index in [1.165, 1.54) is 103 Å². The molecule has 126 valence electrons. The van der Waals surface area contributed by atoms with Gasteiger partial charge in [-0.05, 0) is 36.6 Å². The van der Waals surface area contributed by atoms with E-state index in [2.05, 4.69) is 6.92 Å². The van der Waals surface area contributed by atoms with Crippen LogP contribution >= 0.6 is 0 Å². The first-order valence-electron chi connectivity index (χ1n) is 10.1. The number of unbranched alkanes of at least 4 members (excludes halogenated alkanes) is 13. The maximum atomic E-state index is 2.30. The summed E-state index contributed by atoms with van der Waals surface area (Å²) in [6, 6.07) is 0. The zero-order valence-corrected chi connectivity index (χ0v) is 15.7. The van der Waals surface area contributed by atoms with Crippen LogP contribution in [0, 0.1) is 0 Å². The Balaban J connectivity index is 1.65. The topological polar surface area (TPSA) is 0 Å². The van der Waals surface area contributed by atoms with Gasteiger partial charge in [0, 0.05) is 0 Å². The van der Waals surface area contributed by atoms with Crippen LogP contribution in [0.15, 0.2) is 0 Å². The van der Waals surface area contributed by atoms with Crippen LogP contribution < -0.4 is 0 Å². The third-order valence-corrected chi connectivity index (χ3v) is 7.50. The fraction of sp³-hybridized carbons (Fsp3) is 1.00. The molecule has 21 heavy (non-hydrogen) atoms. The van der Waals surface area contributed by atoms with Gasteiger partial charge in [-0.1, -0.05) is 84.0 Å². The molecule has 0 nitrogen and oxygen atoms in total. The fourth-order valence-corrected chi connectivity index (χ4v) is 5.87. The van der Waals surface area contributed by atoms with Gasteiger partial charge >= 0.3 is 0 Å². The summed E-state index contributed by atoms with van der Waals surface area (Å²) in [4.78, 5) is 0. The summed E-state index contributed by atoms with van der Waals surface area (Å²) in [6.45, 7) is 2.30. The van der Waals surface area contributed by atoms with Crippen molar-refractivity contribution in [1.82, 2.24) is 0 Å². The van der Waals surface area contributed by atoms with Crippen molar-refractivity contribution in [2.75, 3.05) is 17.3 Å². The van der Waals surface area contributed by atoms with E-state index in [4.69, 9.17) is 0 Å². The quantitative estimate of drug-likeness (QED) is 0.228. The zero-order chi connectivity index (χ0) is 15.0. The molecule has 0 bridgehead atoms. The molecule has 1 rings (SSSR count). The second-order valence-corrected chi connectivity index (χ2v) is 9.48. The minimum Gasteiger partial charge on any atom is -0.0654 e. The van der Waals surface area contributed by atoms with Crippen molar-refractivity contribution in [3.63, 3.8) is 0 Å². The van der Waals surface area contributed by atoms with E-state index in [9.17, 15) is 0 Å². The van der Waals surface area contributed by atoms with E-state index >= 15 is 0 Å². The lowest BCUT2D eigenvalue weighted by molar-refractivity contribution is 0.538. The van der Waals surface area contributed by atoms with Gasteiger partial charge < -0.3 is 0 Å². The van der Waals surface area contributed by atoms with E-state index in [0.29, 0.717) is 0 Å². The van der Waals surface area contributed by atoms with E-state index < -0.39 is 0 Å². The number of hydrogen-bond donors (Lipinski definition) is 0. The molecule has 0 aromatic carbocycles. The molecule has 0 aromatic rings. The Bertz CT molecular complexity index is 196. The van der Waals surface area contributed by atoms with Gasteiger partial charge in [-0.3, -0.25) is 0 Å². The Morgan fingerprint density at radius 1 is 0.524 bits per heavy atom. The highest BCUT2D eigenvalue weighted by molar-refractivity contribution is 7.97. The van der Waals surface area contributed by atoms with E-state index in [1.54, 1.807) is 17.3 Å². The van der Waals surface area contributed by atoms with E-state index in [-0.39, 0.29) is 0 Å². The average molecular weight is 314 g/mol. The Morgan fingerprint density at radius 2 is 0.905 bits per heavy atom. The molecule has 0 spiro atoms. The van der Waals surface area contributed by atoms with Crippen LogP contribution in [0.3, 0.4) is 0 Å². The van der Waals surface area contributed by atoms with Crippen molar-refractivity contribution in [3.05, 3.63) is 0 Å². The van der Waals surface area contributed by atoms with Gasteiger partial charge in [0.05, 0.1) is 0 Å². The number of hydrogen-bond acceptors (Lipinski definition) is 0. The highest BCUT2D eigenvalue weighted by atomic mass is 32.2. The van der Waals surface area contributed by atoms with Crippen molar-refractivity contribution in [1.29, 1.82) is 0 Å². The molecule has 0 unspecified atom stereocenters. The summed E-state index contributed by atoms with van der Waals surface area (Å²) in [5.41, 5.74) is 0. The Kier molecular flexibility index (Phi) is 14.1. The Hall–Kier alpha value is 0.350. The van der Waals surface area contributed by atoms with Crippen molar-refractivity contribution in [2.45, 2.75) is 110 Å². The van der Waals surface area contributed by atoms with Crippen LogP contribution in [0.25, 0.3) is 0 Å². The molecule has 0 radical (unpaired) electrons. The van der Waals surface area contributed by atoms with Crippen LogP contribution in [0.1, 0.15) is 110 Å². The molecule has 0 N–H and O–H groups in total. The monoisotopic (exact) mass is 313 g/mol. The highest BCUT2D eigenvalue weighted by Crippen LogP contribution is 2.17. The number of rotatable bonds is 15. The lowest BCUT2D eigenvalue weighted by Crippen LogP contribution is -2.08. The summed E-state index contributed by atoms with van der Waals surface area (Å²) < 4.78 is 0. The molecule has 0 aromatic heterocycles. The Labute approximate surface area is 138 Å². The van der Waals surface area contributed by atoms with E-state index in [0.717, 1.165) is 10.9 Å². The summed E-state index contributed by atoms with van der Waals surface area (Å²) in [7, 11) is 0.857. The molecular formula is C20H41S+.